The van der Waals surface area contributed by atoms with Gasteiger partial charge in [-0.3, -0.25) is 4.79 Å². The minimum atomic E-state index is -3.65. The van der Waals surface area contributed by atoms with E-state index in [1.807, 2.05) is 12.1 Å². The third kappa shape index (κ3) is 4.21. The van der Waals surface area contributed by atoms with E-state index in [-0.39, 0.29) is 42.7 Å². The lowest BCUT2D eigenvalue weighted by Gasteiger charge is -2.34. The minimum Gasteiger partial charge on any atom is -0.399 e. The van der Waals surface area contributed by atoms with Gasteiger partial charge in [0.15, 0.2) is 0 Å². The number of hydrogen-bond donors (Lipinski definition) is 2. The van der Waals surface area contributed by atoms with Crippen molar-refractivity contribution in [2.45, 2.75) is 11.3 Å². The SMILES string of the molecule is Cl.Nc1ccc(CC(=O)N2CCN(S(=O)(=O)c3c[nH]c4ncccc34)CC2)cc1. The summed E-state index contributed by atoms with van der Waals surface area (Å²) >= 11 is 0. The van der Waals surface area contributed by atoms with Crippen LogP contribution in [0.1, 0.15) is 5.56 Å². The molecule has 0 atom stereocenters. The Bertz CT molecular complexity index is 1110. The van der Waals surface area contributed by atoms with E-state index in [4.69, 9.17) is 5.73 Å². The first-order valence-electron chi connectivity index (χ1n) is 8.99. The minimum absolute atomic E-state index is 0. The molecule has 1 amide bonds. The van der Waals surface area contributed by atoms with Gasteiger partial charge in [-0.05, 0) is 29.8 Å². The zero-order valence-electron chi connectivity index (χ0n) is 15.6. The summed E-state index contributed by atoms with van der Waals surface area (Å²) in [6, 6.07) is 10.6. The molecule has 3 aromatic rings. The van der Waals surface area contributed by atoms with E-state index in [0.29, 0.717) is 29.8 Å². The van der Waals surface area contributed by atoms with Gasteiger partial charge >= 0.3 is 0 Å². The first-order chi connectivity index (χ1) is 13.4. The summed E-state index contributed by atoms with van der Waals surface area (Å²) in [5, 5.41) is 0.573. The van der Waals surface area contributed by atoms with Gasteiger partial charge in [-0.25, -0.2) is 13.4 Å². The molecule has 4 rings (SSSR count). The summed E-state index contributed by atoms with van der Waals surface area (Å²) < 4.78 is 27.5. The lowest BCUT2D eigenvalue weighted by molar-refractivity contribution is -0.131. The van der Waals surface area contributed by atoms with Crippen LogP contribution < -0.4 is 5.73 Å². The molecule has 10 heteroatoms. The Kier molecular flexibility index (Phi) is 6.11. The van der Waals surface area contributed by atoms with Gasteiger partial charge in [0, 0.05) is 49.6 Å². The quantitative estimate of drug-likeness (QED) is 0.605. The Morgan fingerprint density at radius 1 is 1.10 bits per heavy atom. The molecule has 1 aromatic carbocycles. The third-order valence-corrected chi connectivity index (χ3v) is 6.90. The summed E-state index contributed by atoms with van der Waals surface area (Å²) in [6.45, 7) is 1.27. The first kappa shape index (κ1) is 21.1. The van der Waals surface area contributed by atoms with Crippen molar-refractivity contribution in [2.24, 2.45) is 0 Å². The summed E-state index contributed by atoms with van der Waals surface area (Å²) in [5.41, 5.74) is 7.75. The average Bonchev–Trinajstić information content (AvgIpc) is 3.15. The van der Waals surface area contributed by atoms with Crippen LogP contribution >= 0.6 is 12.4 Å². The molecular weight excluding hydrogens is 414 g/mol. The highest BCUT2D eigenvalue weighted by molar-refractivity contribution is 7.89. The van der Waals surface area contributed by atoms with E-state index >= 15 is 0 Å². The number of aromatic nitrogens is 2. The number of rotatable bonds is 4. The van der Waals surface area contributed by atoms with Crippen LogP contribution in [0.4, 0.5) is 5.69 Å². The van der Waals surface area contributed by atoms with Crippen molar-refractivity contribution >= 4 is 45.1 Å². The smallest absolute Gasteiger partial charge is 0.245 e. The second-order valence-electron chi connectivity index (χ2n) is 6.76. The van der Waals surface area contributed by atoms with Crippen LogP contribution in [0.5, 0.6) is 0 Å². The van der Waals surface area contributed by atoms with Gasteiger partial charge in [0.2, 0.25) is 15.9 Å². The molecule has 0 aliphatic carbocycles. The maximum Gasteiger partial charge on any atom is 0.245 e. The molecule has 0 spiro atoms. The predicted octanol–water partition coefficient (Wildman–Crippen LogP) is 1.64. The molecule has 29 heavy (non-hydrogen) atoms. The predicted molar refractivity (Wildman–Crippen MR) is 113 cm³/mol. The number of nitrogens with zero attached hydrogens (tertiary/aromatic N) is 3. The number of pyridine rings is 1. The number of carbonyl (C=O) groups is 1. The highest BCUT2D eigenvalue weighted by Gasteiger charge is 2.31. The van der Waals surface area contributed by atoms with Gasteiger partial charge in [-0.2, -0.15) is 4.31 Å². The molecule has 0 bridgehead atoms. The number of halogens is 1. The van der Waals surface area contributed by atoms with Gasteiger partial charge in [0.05, 0.1) is 6.42 Å². The Balaban J connectivity index is 0.00000240. The normalized spacial score (nSPS) is 15.2. The molecule has 1 aliphatic rings. The number of nitrogens with two attached hydrogens (primary N) is 1. The average molecular weight is 436 g/mol. The van der Waals surface area contributed by atoms with Gasteiger partial charge in [-0.1, -0.05) is 12.1 Å². The van der Waals surface area contributed by atoms with Gasteiger partial charge < -0.3 is 15.6 Å². The molecular formula is C19H22ClN5O3S. The monoisotopic (exact) mass is 435 g/mol. The van der Waals surface area contributed by atoms with Crippen LogP contribution in [0.15, 0.2) is 53.7 Å². The van der Waals surface area contributed by atoms with Crippen molar-refractivity contribution in [1.29, 1.82) is 0 Å². The molecule has 0 unspecified atom stereocenters. The second-order valence-corrected chi connectivity index (χ2v) is 8.66. The number of hydrogen-bond acceptors (Lipinski definition) is 5. The number of nitrogen functional groups attached to an aromatic ring is 1. The third-order valence-electron chi connectivity index (χ3n) is 4.96. The maximum absolute atomic E-state index is 13.0. The zero-order valence-corrected chi connectivity index (χ0v) is 17.2. The zero-order chi connectivity index (χ0) is 19.7. The number of amides is 1. The molecule has 8 nitrogen and oxygen atoms in total. The van der Waals surface area contributed by atoms with Crippen LogP contribution in [0.25, 0.3) is 11.0 Å². The second kappa shape index (κ2) is 8.40. The topological polar surface area (TPSA) is 112 Å². The molecule has 1 aliphatic heterocycles. The van der Waals surface area contributed by atoms with Crippen LogP contribution in [0.2, 0.25) is 0 Å². The van der Waals surface area contributed by atoms with Crippen molar-refractivity contribution < 1.29 is 13.2 Å². The van der Waals surface area contributed by atoms with Crippen molar-refractivity contribution in [2.75, 3.05) is 31.9 Å². The van der Waals surface area contributed by atoms with E-state index in [1.165, 1.54) is 10.5 Å². The number of piperazine rings is 1. The molecule has 3 N–H and O–H groups in total. The molecule has 1 saturated heterocycles. The van der Waals surface area contributed by atoms with E-state index in [9.17, 15) is 13.2 Å². The number of anilines is 1. The van der Waals surface area contributed by atoms with E-state index in [0.717, 1.165) is 5.56 Å². The van der Waals surface area contributed by atoms with Crippen LogP contribution in [0.3, 0.4) is 0 Å². The Hall–Kier alpha value is -2.62. The van der Waals surface area contributed by atoms with E-state index in [2.05, 4.69) is 9.97 Å². The van der Waals surface area contributed by atoms with Gasteiger partial charge in [0.25, 0.3) is 0 Å². The van der Waals surface area contributed by atoms with Crippen molar-refractivity contribution in [3.8, 4) is 0 Å². The highest BCUT2D eigenvalue weighted by Crippen LogP contribution is 2.25. The Labute approximate surface area is 175 Å². The highest BCUT2D eigenvalue weighted by atomic mass is 35.5. The number of fused-ring (bicyclic) bond motifs is 1. The number of sulfonamides is 1. The Morgan fingerprint density at radius 2 is 1.79 bits per heavy atom. The summed E-state index contributed by atoms with van der Waals surface area (Å²) in [6.07, 6.45) is 3.37. The fraction of sp³-hybridized carbons (Fsp3) is 0.263. The molecule has 0 radical (unpaired) electrons. The van der Waals surface area contributed by atoms with E-state index in [1.54, 1.807) is 35.4 Å². The van der Waals surface area contributed by atoms with Crippen LogP contribution in [-0.4, -0.2) is 59.7 Å². The molecule has 0 saturated carbocycles. The number of aromatic amines is 1. The van der Waals surface area contributed by atoms with Crippen molar-refractivity contribution in [3.63, 3.8) is 0 Å². The molecule has 154 valence electrons. The first-order valence-corrected chi connectivity index (χ1v) is 10.4. The fourth-order valence-corrected chi connectivity index (χ4v) is 4.96. The number of H-pyrrole nitrogens is 1. The van der Waals surface area contributed by atoms with E-state index < -0.39 is 10.0 Å². The number of nitrogens with one attached hydrogen (secondary N) is 1. The fourth-order valence-electron chi connectivity index (χ4n) is 3.38. The maximum atomic E-state index is 13.0. The van der Waals surface area contributed by atoms with Crippen LogP contribution in [0, 0.1) is 0 Å². The molecule has 1 fully saturated rings. The number of benzene rings is 1. The van der Waals surface area contributed by atoms with Crippen molar-refractivity contribution in [1.82, 2.24) is 19.2 Å². The van der Waals surface area contributed by atoms with Gasteiger partial charge in [-0.15, -0.1) is 12.4 Å². The summed E-state index contributed by atoms with van der Waals surface area (Å²) in [5.74, 6) is -0.0156. The van der Waals surface area contributed by atoms with Crippen LogP contribution in [-0.2, 0) is 21.2 Å². The molecule has 2 aromatic heterocycles. The molecule has 3 heterocycles. The van der Waals surface area contributed by atoms with Crippen molar-refractivity contribution in [3.05, 3.63) is 54.4 Å². The number of carbonyl (C=O) groups excluding carboxylic acids is 1. The lowest BCUT2D eigenvalue weighted by Crippen LogP contribution is -2.50. The largest absolute Gasteiger partial charge is 0.399 e. The summed E-state index contributed by atoms with van der Waals surface area (Å²) in [7, 11) is -3.65. The lowest BCUT2D eigenvalue weighted by atomic mass is 10.1. The van der Waals surface area contributed by atoms with Gasteiger partial charge in [0.1, 0.15) is 10.5 Å². The Morgan fingerprint density at radius 3 is 2.48 bits per heavy atom. The summed E-state index contributed by atoms with van der Waals surface area (Å²) in [4.78, 5) is 21.5. The standard InChI is InChI=1S/C19H21N5O3S.ClH/c20-15-5-3-14(4-6-15)12-18(25)23-8-10-24(11-9-23)28(26,27)17-13-22-19-16(17)2-1-7-21-19;/h1-7,13H,8-12,20H2,(H,21,22);1H.